The molecule has 1 aliphatic rings. The highest BCUT2D eigenvalue weighted by Crippen LogP contribution is 2.18. The summed E-state index contributed by atoms with van der Waals surface area (Å²) in [7, 11) is 0. The Morgan fingerprint density at radius 3 is 3.19 bits per heavy atom. The summed E-state index contributed by atoms with van der Waals surface area (Å²) in [5.41, 5.74) is 1.35. The predicted octanol–water partition coefficient (Wildman–Crippen LogP) is 1.68. The zero-order valence-corrected chi connectivity index (χ0v) is 9.27. The van der Waals surface area contributed by atoms with Gasteiger partial charge >= 0.3 is 0 Å². The Bertz CT molecular complexity index is 406. The van der Waals surface area contributed by atoms with E-state index in [2.05, 4.69) is 11.1 Å². The van der Waals surface area contributed by atoms with E-state index in [1.54, 1.807) is 6.07 Å². The van der Waals surface area contributed by atoms with Gasteiger partial charge in [0.25, 0.3) is 0 Å². The molecule has 84 valence electrons. The molecule has 1 unspecified atom stereocenters. The fraction of sp³-hybridized carbons (Fsp3) is 0.500. The van der Waals surface area contributed by atoms with Crippen molar-refractivity contribution >= 4 is 0 Å². The largest absolute Gasteiger partial charge is 0.476 e. The minimum absolute atomic E-state index is 0.425. The summed E-state index contributed by atoms with van der Waals surface area (Å²) in [5, 5.41) is 8.91. The number of aryl methyl sites for hydroxylation is 1. The summed E-state index contributed by atoms with van der Waals surface area (Å²) in [6, 6.07) is 5.63. The van der Waals surface area contributed by atoms with Gasteiger partial charge in [0, 0.05) is 18.2 Å². The highest BCUT2D eigenvalue weighted by molar-refractivity contribution is 5.38. The third kappa shape index (κ3) is 2.50. The molecule has 1 aliphatic heterocycles. The molecule has 16 heavy (non-hydrogen) atoms. The highest BCUT2D eigenvalue weighted by Gasteiger charge is 2.17. The van der Waals surface area contributed by atoms with Crippen LogP contribution in [0.1, 0.15) is 17.7 Å². The van der Waals surface area contributed by atoms with Crippen LogP contribution in [0.25, 0.3) is 0 Å². The van der Waals surface area contributed by atoms with Gasteiger partial charge in [-0.25, -0.2) is 4.98 Å². The number of pyridine rings is 1. The second kappa shape index (κ2) is 4.95. The van der Waals surface area contributed by atoms with Crippen LogP contribution in [0.15, 0.2) is 12.1 Å². The zero-order chi connectivity index (χ0) is 11.4. The first-order chi connectivity index (χ1) is 7.79. The number of rotatable bonds is 3. The number of hydrogen-bond donors (Lipinski definition) is 0. The Labute approximate surface area is 94.8 Å². The summed E-state index contributed by atoms with van der Waals surface area (Å²) < 4.78 is 10.8. The van der Waals surface area contributed by atoms with Crippen molar-refractivity contribution in [1.29, 1.82) is 5.26 Å². The molecule has 1 aromatic heterocycles. The lowest BCUT2D eigenvalue weighted by Gasteiger charge is -2.10. The summed E-state index contributed by atoms with van der Waals surface area (Å²) in [5.74, 6) is 0.864. The van der Waals surface area contributed by atoms with Crippen molar-refractivity contribution < 1.29 is 9.47 Å². The van der Waals surface area contributed by atoms with Gasteiger partial charge in [-0.05, 0) is 25.5 Å². The molecule has 0 amide bonds. The molecule has 0 bridgehead atoms. The van der Waals surface area contributed by atoms with E-state index in [0.717, 1.165) is 25.3 Å². The van der Waals surface area contributed by atoms with Gasteiger partial charge in [0.1, 0.15) is 11.6 Å². The van der Waals surface area contributed by atoms with Crippen LogP contribution in [0, 0.1) is 24.2 Å². The van der Waals surface area contributed by atoms with Crippen LogP contribution < -0.4 is 4.74 Å². The van der Waals surface area contributed by atoms with Gasteiger partial charge in [-0.2, -0.15) is 5.26 Å². The van der Waals surface area contributed by atoms with E-state index in [0.29, 0.717) is 24.0 Å². The van der Waals surface area contributed by atoms with Gasteiger partial charge in [0.05, 0.1) is 13.2 Å². The molecule has 4 nitrogen and oxygen atoms in total. The van der Waals surface area contributed by atoms with Crippen LogP contribution in [0.3, 0.4) is 0 Å². The van der Waals surface area contributed by atoms with Gasteiger partial charge in [-0.1, -0.05) is 0 Å². The van der Waals surface area contributed by atoms with Crippen LogP contribution in [0.2, 0.25) is 0 Å². The van der Waals surface area contributed by atoms with E-state index < -0.39 is 0 Å². The number of hydrogen-bond acceptors (Lipinski definition) is 4. The lowest BCUT2D eigenvalue weighted by molar-refractivity contribution is 0.165. The number of nitriles is 1. The van der Waals surface area contributed by atoms with Gasteiger partial charge in [-0.3, -0.25) is 0 Å². The van der Waals surface area contributed by atoms with Crippen LogP contribution in [-0.2, 0) is 4.74 Å². The Morgan fingerprint density at radius 1 is 1.62 bits per heavy atom. The lowest BCUT2D eigenvalue weighted by Crippen LogP contribution is -2.13. The van der Waals surface area contributed by atoms with E-state index in [1.165, 1.54) is 0 Å². The third-order valence-electron chi connectivity index (χ3n) is 2.60. The molecule has 0 N–H and O–H groups in total. The molecule has 1 aromatic rings. The van der Waals surface area contributed by atoms with Crippen molar-refractivity contribution in [2.45, 2.75) is 13.3 Å². The average molecular weight is 218 g/mol. The van der Waals surface area contributed by atoms with E-state index >= 15 is 0 Å². The summed E-state index contributed by atoms with van der Waals surface area (Å²) >= 11 is 0. The fourth-order valence-corrected chi connectivity index (χ4v) is 1.64. The van der Waals surface area contributed by atoms with Crippen molar-refractivity contribution in [1.82, 2.24) is 4.98 Å². The van der Waals surface area contributed by atoms with Crippen molar-refractivity contribution in [2.24, 2.45) is 5.92 Å². The first-order valence-electron chi connectivity index (χ1n) is 5.38. The van der Waals surface area contributed by atoms with Gasteiger partial charge < -0.3 is 9.47 Å². The van der Waals surface area contributed by atoms with Crippen molar-refractivity contribution in [3.63, 3.8) is 0 Å². The number of aromatic nitrogens is 1. The number of ether oxygens (including phenoxy) is 2. The Hall–Kier alpha value is -1.60. The SMILES string of the molecule is Cc1ccc(C#N)c(OCC2CCOC2)n1. The van der Waals surface area contributed by atoms with E-state index in [-0.39, 0.29) is 0 Å². The molecule has 0 radical (unpaired) electrons. The molecule has 2 rings (SSSR count). The molecule has 1 saturated heterocycles. The number of nitrogens with zero attached hydrogens (tertiary/aromatic N) is 2. The molecule has 4 heteroatoms. The first kappa shape index (κ1) is 10.9. The quantitative estimate of drug-likeness (QED) is 0.774. The zero-order valence-electron chi connectivity index (χ0n) is 9.27. The predicted molar refractivity (Wildman–Crippen MR) is 58.1 cm³/mol. The smallest absolute Gasteiger partial charge is 0.231 e. The van der Waals surface area contributed by atoms with Crippen molar-refractivity contribution in [3.8, 4) is 11.9 Å². The molecule has 1 fully saturated rings. The van der Waals surface area contributed by atoms with Gasteiger partial charge in [-0.15, -0.1) is 0 Å². The maximum absolute atomic E-state index is 8.91. The Morgan fingerprint density at radius 2 is 2.50 bits per heavy atom. The maximum Gasteiger partial charge on any atom is 0.231 e. The maximum atomic E-state index is 8.91. The van der Waals surface area contributed by atoms with E-state index in [9.17, 15) is 0 Å². The normalized spacial score (nSPS) is 19.4. The molecular formula is C12H14N2O2. The van der Waals surface area contributed by atoms with Crippen molar-refractivity contribution in [3.05, 3.63) is 23.4 Å². The first-order valence-corrected chi connectivity index (χ1v) is 5.38. The highest BCUT2D eigenvalue weighted by atomic mass is 16.5. The topological polar surface area (TPSA) is 55.1 Å². The minimum atomic E-state index is 0.425. The summed E-state index contributed by atoms with van der Waals surface area (Å²) in [6.45, 7) is 4.01. The van der Waals surface area contributed by atoms with Crippen LogP contribution in [-0.4, -0.2) is 24.8 Å². The third-order valence-corrected chi connectivity index (χ3v) is 2.60. The molecule has 0 spiro atoms. The standard InChI is InChI=1S/C12H14N2O2/c1-9-2-3-11(6-13)12(14-9)16-8-10-4-5-15-7-10/h2-3,10H,4-5,7-8H2,1H3. The molecule has 0 aliphatic carbocycles. The summed E-state index contributed by atoms with van der Waals surface area (Å²) in [4.78, 5) is 4.22. The van der Waals surface area contributed by atoms with Crippen LogP contribution in [0.5, 0.6) is 5.88 Å². The monoisotopic (exact) mass is 218 g/mol. The molecule has 0 aromatic carbocycles. The Kier molecular flexibility index (Phi) is 3.37. The fourth-order valence-electron chi connectivity index (χ4n) is 1.64. The van der Waals surface area contributed by atoms with Gasteiger partial charge in [0.15, 0.2) is 0 Å². The minimum Gasteiger partial charge on any atom is -0.476 e. The molecule has 1 atom stereocenters. The average Bonchev–Trinajstić information content (AvgIpc) is 2.79. The molecule has 0 saturated carbocycles. The van der Waals surface area contributed by atoms with E-state index in [4.69, 9.17) is 14.7 Å². The lowest BCUT2D eigenvalue weighted by atomic mass is 10.1. The van der Waals surface area contributed by atoms with Crippen molar-refractivity contribution in [2.75, 3.05) is 19.8 Å². The summed E-state index contributed by atoms with van der Waals surface area (Å²) in [6.07, 6.45) is 1.02. The van der Waals surface area contributed by atoms with Gasteiger partial charge in [0.2, 0.25) is 5.88 Å². The van der Waals surface area contributed by atoms with E-state index in [1.807, 2.05) is 13.0 Å². The van der Waals surface area contributed by atoms with Crippen LogP contribution in [0.4, 0.5) is 0 Å². The second-order valence-electron chi connectivity index (χ2n) is 3.96. The Balaban J connectivity index is 2.02. The molecule has 2 heterocycles. The second-order valence-corrected chi connectivity index (χ2v) is 3.96. The molecular weight excluding hydrogens is 204 g/mol. The van der Waals surface area contributed by atoms with Crippen LogP contribution >= 0.6 is 0 Å².